The maximum absolute atomic E-state index is 12.2. The van der Waals surface area contributed by atoms with Crippen LogP contribution in [0.1, 0.15) is 26.5 Å². The first-order valence-corrected chi connectivity index (χ1v) is 7.52. The van der Waals surface area contributed by atoms with Gasteiger partial charge in [-0.15, -0.1) is 0 Å². The lowest BCUT2D eigenvalue weighted by Gasteiger charge is -2.31. The Morgan fingerprint density at radius 1 is 1.18 bits per heavy atom. The van der Waals surface area contributed by atoms with E-state index in [1.807, 2.05) is 45.2 Å². The molecule has 0 saturated heterocycles. The van der Waals surface area contributed by atoms with E-state index in [1.165, 1.54) is 0 Å². The summed E-state index contributed by atoms with van der Waals surface area (Å²) in [5, 5.41) is 0. The van der Waals surface area contributed by atoms with Crippen molar-refractivity contribution in [2.75, 3.05) is 6.54 Å². The molecule has 1 aromatic heterocycles. The monoisotopic (exact) mass is 299 g/mol. The number of carbonyl (C=O) groups excluding carboxylic acids is 1. The summed E-state index contributed by atoms with van der Waals surface area (Å²) in [6.45, 7) is 7.55. The summed E-state index contributed by atoms with van der Waals surface area (Å²) in [6.07, 6.45) is 1.58. The van der Waals surface area contributed by atoms with Crippen molar-refractivity contribution in [3.63, 3.8) is 0 Å². The van der Waals surface area contributed by atoms with E-state index >= 15 is 0 Å². The second-order valence-corrected chi connectivity index (χ2v) is 6.49. The van der Waals surface area contributed by atoms with Crippen LogP contribution in [-0.4, -0.2) is 32.7 Å². The molecule has 0 radical (unpaired) electrons. The van der Waals surface area contributed by atoms with Crippen LogP contribution in [0.5, 0.6) is 0 Å². The molecule has 0 saturated carbocycles. The van der Waals surface area contributed by atoms with Crippen molar-refractivity contribution in [3.8, 4) is 11.4 Å². The van der Waals surface area contributed by atoms with E-state index in [0.29, 0.717) is 13.1 Å². The quantitative estimate of drug-likeness (QED) is 0.811. The molecule has 0 bridgehead atoms. The molecule has 22 heavy (non-hydrogen) atoms. The maximum Gasteiger partial charge on any atom is 0.410 e. The van der Waals surface area contributed by atoms with E-state index in [9.17, 15) is 4.79 Å². The number of imidazole rings is 1. The second kappa shape index (κ2) is 5.48. The summed E-state index contributed by atoms with van der Waals surface area (Å²) in [5.74, 6) is 0.958. The van der Waals surface area contributed by atoms with Crippen molar-refractivity contribution in [3.05, 3.63) is 42.2 Å². The molecule has 1 aliphatic heterocycles. The first-order chi connectivity index (χ1) is 10.4. The number of hydrogen-bond acceptors (Lipinski definition) is 3. The molecule has 0 aliphatic carbocycles. The summed E-state index contributed by atoms with van der Waals surface area (Å²) in [7, 11) is 0. The topological polar surface area (TPSA) is 47.4 Å². The molecule has 1 aromatic carbocycles. The fourth-order valence-electron chi connectivity index (χ4n) is 2.58. The molecule has 0 unspecified atom stereocenters. The maximum atomic E-state index is 12.2. The third kappa shape index (κ3) is 2.98. The van der Waals surface area contributed by atoms with Crippen LogP contribution in [0, 0.1) is 0 Å². The van der Waals surface area contributed by atoms with Gasteiger partial charge in [-0.25, -0.2) is 9.78 Å². The standard InChI is InChI=1S/C17H21N3O2/c1-17(2,3)22-16(21)19-9-10-20-14(12-19)11-18-15(20)13-7-5-4-6-8-13/h4-8,11H,9-10,12H2,1-3H3. The van der Waals surface area contributed by atoms with Crippen LogP contribution >= 0.6 is 0 Å². The lowest BCUT2D eigenvalue weighted by molar-refractivity contribution is 0.0199. The molecule has 5 nitrogen and oxygen atoms in total. The Balaban J connectivity index is 1.78. The number of hydrogen-bond donors (Lipinski definition) is 0. The zero-order valence-electron chi connectivity index (χ0n) is 13.2. The van der Waals surface area contributed by atoms with Crippen LogP contribution in [0.15, 0.2) is 36.5 Å². The average Bonchev–Trinajstić information content (AvgIpc) is 2.89. The highest BCUT2D eigenvalue weighted by molar-refractivity contribution is 5.68. The molecule has 0 N–H and O–H groups in total. The van der Waals surface area contributed by atoms with Crippen LogP contribution in [-0.2, 0) is 17.8 Å². The highest BCUT2D eigenvalue weighted by Gasteiger charge is 2.27. The van der Waals surface area contributed by atoms with Gasteiger partial charge in [-0.2, -0.15) is 0 Å². The molecule has 0 fully saturated rings. The van der Waals surface area contributed by atoms with Gasteiger partial charge in [0.15, 0.2) is 0 Å². The van der Waals surface area contributed by atoms with Crippen LogP contribution in [0.3, 0.4) is 0 Å². The van der Waals surface area contributed by atoms with Crippen molar-refractivity contribution >= 4 is 6.09 Å². The molecule has 2 heterocycles. The minimum Gasteiger partial charge on any atom is -0.444 e. The van der Waals surface area contributed by atoms with Gasteiger partial charge in [-0.05, 0) is 20.8 Å². The van der Waals surface area contributed by atoms with Crippen LogP contribution in [0.4, 0.5) is 4.79 Å². The van der Waals surface area contributed by atoms with E-state index in [4.69, 9.17) is 4.74 Å². The number of benzene rings is 1. The van der Waals surface area contributed by atoms with Gasteiger partial charge in [0, 0.05) is 18.7 Å². The molecular formula is C17H21N3O2. The number of amides is 1. The number of ether oxygens (including phenoxy) is 1. The van der Waals surface area contributed by atoms with E-state index in [2.05, 4.69) is 21.7 Å². The van der Waals surface area contributed by atoms with Crippen molar-refractivity contribution in [1.29, 1.82) is 0 Å². The van der Waals surface area contributed by atoms with E-state index in [0.717, 1.165) is 23.6 Å². The number of rotatable bonds is 1. The molecule has 0 spiro atoms. The van der Waals surface area contributed by atoms with Gasteiger partial charge in [-0.1, -0.05) is 30.3 Å². The normalized spacial score (nSPS) is 14.6. The number of nitrogens with zero attached hydrogens (tertiary/aromatic N) is 3. The minimum absolute atomic E-state index is 0.263. The molecule has 2 aromatic rings. The van der Waals surface area contributed by atoms with Gasteiger partial charge in [0.25, 0.3) is 0 Å². The Hall–Kier alpha value is -2.30. The average molecular weight is 299 g/mol. The summed E-state index contributed by atoms with van der Waals surface area (Å²) in [6, 6.07) is 10.1. The highest BCUT2D eigenvalue weighted by atomic mass is 16.6. The fourth-order valence-corrected chi connectivity index (χ4v) is 2.58. The zero-order chi connectivity index (χ0) is 15.7. The van der Waals surface area contributed by atoms with Crippen LogP contribution in [0.2, 0.25) is 0 Å². The summed E-state index contributed by atoms with van der Waals surface area (Å²) in [5.41, 5.74) is 1.67. The Labute approximate surface area is 130 Å². The van der Waals surface area contributed by atoms with Crippen LogP contribution in [0.25, 0.3) is 11.4 Å². The molecule has 116 valence electrons. The van der Waals surface area contributed by atoms with E-state index in [-0.39, 0.29) is 6.09 Å². The van der Waals surface area contributed by atoms with Gasteiger partial charge in [0.1, 0.15) is 11.4 Å². The number of carbonyl (C=O) groups is 1. The Morgan fingerprint density at radius 2 is 1.91 bits per heavy atom. The van der Waals surface area contributed by atoms with Crippen LogP contribution < -0.4 is 0 Å². The molecular weight excluding hydrogens is 278 g/mol. The van der Waals surface area contributed by atoms with Gasteiger partial charge in [-0.3, -0.25) is 0 Å². The summed E-state index contributed by atoms with van der Waals surface area (Å²) in [4.78, 5) is 18.4. The van der Waals surface area contributed by atoms with Gasteiger partial charge in [0.05, 0.1) is 18.4 Å². The molecule has 0 atom stereocenters. The number of fused-ring (bicyclic) bond motifs is 1. The van der Waals surface area contributed by atoms with Gasteiger partial charge in [0.2, 0.25) is 0 Å². The van der Waals surface area contributed by atoms with Gasteiger partial charge < -0.3 is 14.2 Å². The van der Waals surface area contributed by atoms with E-state index < -0.39 is 5.60 Å². The molecule has 5 heteroatoms. The number of aromatic nitrogens is 2. The lowest BCUT2D eigenvalue weighted by atomic mass is 10.2. The Morgan fingerprint density at radius 3 is 2.59 bits per heavy atom. The second-order valence-electron chi connectivity index (χ2n) is 6.49. The Bertz CT molecular complexity index is 671. The lowest BCUT2D eigenvalue weighted by Crippen LogP contribution is -2.41. The summed E-state index contributed by atoms with van der Waals surface area (Å²) >= 11 is 0. The van der Waals surface area contributed by atoms with Crippen molar-refractivity contribution in [1.82, 2.24) is 14.5 Å². The SMILES string of the molecule is CC(C)(C)OC(=O)N1CCn2c(cnc2-c2ccccc2)C1. The van der Waals surface area contributed by atoms with Crippen molar-refractivity contribution in [2.24, 2.45) is 0 Å². The molecule has 3 rings (SSSR count). The van der Waals surface area contributed by atoms with Crippen molar-refractivity contribution < 1.29 is 9.53 Å². The van der Waals surface area contributed by atoms with Gasteiger partial charge >= 0.3 is 6.09 Å². The Kier molecular flexibility index (Phi) is 3.64. The highest BCUT2D eigenvalue weighted by Crippen LogP contribution is 2.24. The predicted molar refractivity (Wildman–Crippen MR) is 84.3 cm³/mol. The largest absolute Gasteiger partial charge is 0.444 e. The third-order valence-corrected chi connectivity index (χ3v) is 3.57. The minimum atomic E-state index is -0.468. The molecule has 1 aliphatic rings. The third-order valence-electron chi connectivity index (χ3n) is 3.57. The fraction of sp³-hybridized carbons (Fsp3) is 0.412. The first-order valence-electron chi connectivity index (χ1n) is 7.52. The first kappa shape index (κ1) is 14.6. The van der Waals surface area contributed by atoms with Crippen molar-refractivity contribution in [2.45, 2.75) is 39.5 Å². The molecule has 1 amide bonds. The smallest absolute Gasteiger partial charge is 0.410 e. The summed E-state index contributed by atoms with van der Waals surface area (Å²) < 4.78 is 7.62. The predicted octanol–water partition coefficient (Wildman–Crippen LogP) is 3.30. The van der Waals surface area contributed by atoms with E-state index in [1.54, 1.807) is 4.90 Å². The zero-order valence-corrected chi connectivity index (χ0v) is 13.2.